The molecule has 0 spiro atoms. The summed E-state index contributed by atoms with van der Waals surface area (Å²) < 4.78 is 0. The van der Waals surface area contributed by atoms with Crippen molar-refractivity contribution >= 4 is 71.7 Å². The molecule has 1 nitrogen and oxygen atoms in total. The third-order valence-corrected chi connectivity index (χ3v) is 0. The Bertz CT molecular complexity index is 13.5. The third-order valence-electron chi connectivity index (χ3n) is 0. The van der Waals surface area contributed by atoms with Crippen LogP contribution in [0.5, 0.6) is 0 Å². The van der Waals surface area contributed by atoms with E-state index in [2.05, 4.69) is 0 Å². The van der Waals surface area contributed by atoms with Crippen LogP contribution < -0.4 is 0 Å². The summed E-state index contributed by atoms with van der Waals surface area (Å²) >= 11 is 0. The Morgan fingerprint density at radius 2 is 1.25 bits per heavy atom. The molecule has 0 aliphatic rings. The van der Waals surface area contributed by atoms with Gasteiger partial charge in [0.05, 0.1) is 0 Å². The molecular weight excluding hydrogens is 494 g/mol. The molecule has 0 fully saturated rings. The molecule has 0 aromatic carbocycles. The van der Waals surface area contributed by atoms with Gasteiger partial charge in [0.25, 0.3) is 0 Å². The molecule has 4 heavy (non-hydrogen) atoms. The third kappa shape index (κ3) is 8.91. The SMILES string of the molecule is O.[BiH3].[H-].[H-].[Sr+2].[Ta]. The second-order valence-electron chi connectivity index (χ2n) is 0. The van der Waals surface area contributed by atoms with Crippen molar-refractivity contribution in [2.75, 3.05) is 0 Å². The topological polar surface area (TPSA) is 31.5 Å². The molecule has 25 valence electrons. The van der Waals surface area contributed by atoms with Gasteiger partial charge >= 0.3 is 71.7 Å². The van der Waals surface area contributed by atoms with E-state index in [1.54, 1.807) is 0 Å². The van der Waals surface area contributed by atoms with Crippen LogP contribution in [0, 0.1) is 0 Å². The van der Waals surface area contributed by atoms with Crippen molar-refractivity contribution in [1.82, 2.24) is 0 Å². The van der Waals surface area contributed by atoms with Crippen LogP contribution in [-0.4, -0.2) is 77.2 Å². The average molecular weight is 501 g/mol. The molecule has 0 rings (SSSR count). The molecule has 1 radical (unpaired) electrons. The molecule has 0 saturated heterocycles. The largest absolute Gasteiger partial charge is 2.00 e. The molecule has 4 heteroatoms. The van der Waals surface area contributed by atoms with Crippen LogP contribution >= 0.6 is 0 Å². The Balaban J connectivity index is 0. The van der Waals surface area contributed by atoms with Gasteiger partial charge in [0.1, 0.15) is 0 Å². The van der Waals surface area contributed by atoms with E-state index in [1.807, 2.05) is 0 Å². The van der Waals surface area contributed by atoms with E-state index >= 15 is 0 Å². The monoisotopic (exact) mass is 501 g/mol. The second kappa shape index (κ2) is 16.6. The van der Waals surface area contributed by atoms with E-state index in [-0.39, 0.29) is 102 Å². The molecule has 0 aromatic heterocycles. The molecule has 0 amide bonds. The van der Waals surface area contributed by atoms with Crippen LogP contribution in [0.3, 0.4) is 0 Å². The molecule has 0 saturated carbocycles. The van der Waals surface area contributed by atoms with Gasteiger partial charge in [0, 0.05) is 22.4 Å². The Morgan fingerprint density at radius 3 is 1.25 bits per heavy atom. The van der Waals surface area contributed by atoms with Gasteiger partial charge in [-0.2, -0.15) is 0 Å². The molecule has 2 N–H and O–H groups in total. The van der Waals surface area contributed by atoms with E-state index < -0.39 is 0 Å². The van der Waals surface area contributed by atoms with Gasteiger partial charge < -0.3 is 8.33 Å². The quantitative estimate of drug-likeness (QED) is 0.340. The summed E-state index contributed by atoms with van der Waals surface area (Å²) in [5, 5.41) is 0. The van der Waals surface area contributed by atoms with Crippen LogP contribution in [0.2, 0.25) is 0 Å². The van der Waals surface area contributed by atoms with Crippen molar-refractivity contribution in [3.8, 4) is 0 Å². The van der Waals surface area contributed by atoms with Crippen LogP contribution in [0.25, 0.3) is 0 Å². The van der Waals surface area contributed by atoms with Crippen molar-refractivity contribution < 1.29 is 30.7 Å². The van der Waals surface area contributed by atoms with Crippen molar-refractivity contribution in [1.29, 1.82) is 0 Å². The van der Waals surface area contributed by atoms with Gasteiger partial charge in [-0.3, -0.25) is 0 Å². The maximum Gasteiger partial charge on any atom is 2.00 e. The van der Waals surface area contributed by atoms with E-state index in [1.165, 1.54) is 0 Å². The first kappa shape index (κ1) is 27.7. The summed E-state index contributed by atoms with van der Waals surface area (Å²) in [6.45, 7) is 0. The van der Waals surface area contributed by atoms with E-state index in [4.69, 9.17) is 0 Å². The minimum absolute atomic E-state index is 0. The normalized spacial score (nSPS) is 0. The Kier molecular flexibility index (Phi) is 115. The van der Waals surface area contributed by atoms with Gasteiger partial charge in [-0.1, -0.05) is 0 Å². The Labute approximate surface area is 100 Å². The minimum Gasteiger partial charge on any atom is -1.00 e. The van der Waals surface area contributed by atoms with Crippen molar-refractivity contribution in [2.24, 2.45) is 0 Å². The summed E-state index contributed by atoms with van der Waals surface area (Å²) in [6, 6.07) is 0. The standard InChI is InChI=1S/Bi.H2O.Sr.Ta.5H/h;1H2;;;;;;;/q;;+2;;;;;2*-1. The zero-order chi connectivity index (χ0) is 0. The van der Waals surface area contributed by atoms with E-state index in [0.29, 0.717) is 0 Å². The number of hydrogen-bond donors (Lipinski definition) is 0. The van der Waals surface area contributed by atoms with Crippen LogP contribution in [0.15, 0.2) is 0 Å². The van der Waals surface area contributed by atoms with Gasteiger partial charge in [-0.05, 0) is 0 Å². The van der Waals surface area contributed by atoms with Crippen LogP contribution in [-0.2, 0) is 22.4 Å². The van der Waals surface area contributed by atoms with Gasteiger partial charge in [-0.25, -0.2) is 0 Å². The Hall–Kier alpha value is 3.06. The molecule has 0 heterocycles. The Morgan fingerprint density at radius 1 is 1.25 bits per heavy atom. The predicted molar refractivity (Wildman–Crippen MR) is 21.5 cm³/mol. The van der Waals surface area contributed by atoms with E-state index in [0.717, 1.165) is 0 Å². The number of rotatable bonds is 0. The molecule has 0 atom stereocenters. The summed E-state index contributed by atoms with van der Waals surface area (Å²) in [5.41, 5.74) is 0. The molecule has 0 aliphatic carbocycles. The molecule has 0 aliphatic heterocycles. The molecule has 0 unspecified atom stereocenters. The first-order valence-electron chi connectivity index (χ1n) is 0. The fraction of sp³-hybridized carbons (Fsp3) is 0. The van der Waals surface area contributed by atoms with Crippen LogP contribution in [0.4, 0.5) is 0 Å². The maximum absolute atomic E-state index is 0. The fourth-order valence-electron chi connectivity index (χ4n) is 0. The predicted octanol–water partition coefficient (Wildman–Crippen LogP) is -2.17. The molecule has 0 aromatic rings. The zero-order valence-corrected chi connectivity index (χ0v) is 14.5. The summed E-state index contributed by atoms with van der Waals surface area (Å²) in [6.07, 6.45) is 0. The van der Waals surface area contributed by atoms with Crippen molar-refractivity contribution in [2.45, 2.75) is 0 Å². The van der Waals surface area contributed by atoms with Gasteiger partial charge in [-0.15, -0.1) is 0 Å². The van der Waals surface area contributed by atoms with E-state index in [9.17, 15) is 0 Å². The van der Waals surface area contributed by atoms with Crippen molar-refractivity contribution in [3.05, 3.63) is 0 Å². The average Bonchev–Trinajstić information content (AvgIpc) is 0. The fourth-order valence-corrected chi connectivity index (χ4v) is 0. The van der Waals surface area contributed by atoms with Crippen molar-refractivity contribution in [3.63, 3.8) is 0 Å². The van der Waals surface area contributed by atoms with Gasteiger partial charge in [0.2, 0.25) is 0 Å². The summed E-state index contributed by atoms with van der Waals surface area (Å²) in [5.74, 6) is 0. The first-order valence-corrected chi connectivity index (χ1v) is 0. The molecule has 0 bridgehead atoms. The van der Waals surface area contributed by atoms with Crippen LogP contribution in [0.1, 0.15) is 2.85 Å². The maximum atomic E-state index is 0. The number of hydrogen-bond acceptors (Lipinski definition) is 0. The molecular formula is H7BiOSrTa. The zero-order valence-electron chi connectivity index (χ0n) is 4.36. The first-order chi connectivity index (χ1) is 0. The van der Waals surface area contributed by atoms with Gasteiger partial charge in [0.15, 0.2) is 0 Å². The summed E-state index contributed by atoms with van der Waals surface area (Å²) in [4.78, 5) is 0. The minimum atomic E-state index is 0. The second-order valence-corrected chi connectivity index (χ2v) is 0. The summed E-state index contributed by atoms with van der Waals surface area (Å²) in [7, 11) is 0. The smallest absolute Gasteiger partial charge is 1.00 e.